The van der Waals surface area contributed by atoms with E-state index in [-0.39, 0.29) is 29.9 Å². The fourth-order valence-corrected chi connectivity index (χ4v) is 6.12. The molecule has 202 valence electrons. The number of hydrogen-bond donors (Lipinski definition) is 3. The van der Waals surface area contributed by atoms with E-state index >= 15 is 0 Å². The van der Waals surface area contributed by atoms with E-state index in [9.17, 15) is 22.7 Å². The first-order valence-corrected chi connectivity index (χ1v) is 14.3. The van der Waals surface area contributed by atoms with Crippen LogP contribution in [0, 0.1) is 5.82 Å². The Morgan fingerprint density at radius 3 is 2.49 bits per heavy atom. The van der Waals surface area contributed by atoms with Crippen LogP contribution in [0.3, 0.4) is 0 Å². The van der Waals surface area contributed by atoms with Crippen LogP contribution in [0.5, 0.6) is 0 Å². The van der Waals surface area contributed by atoms with Gasteiger partial charge < -0.3 is 14.8 Å². The maximum Gasteiger partial charge on any atom is 0.255 e. The largest absolute Gasteiger partial charge is 0.455 e. The van der Waals surface area contributed by atoms with Gasteiger partial charge in [-0.2, -0.15) is 0 Å². The molecule has 0 spiro atoms. The molecule has 4 aromatic rings. The fourth-order valence-electron chi connectivity index (χ4n) is 4.58. The molecule has 1 saturated carbocycles. The summed E-state index contributed by atoms with van der Waals surface area (Å²) in [5.74, 6) is -0.702. The van der Waals surface area contributed by atoms with Gasteiger partial charge >= 0.3 is 0 Å². The summed E-state index contributed by atoms with van der Waals surface area (Å²) in [6, 6.07) is 13.8. The molecular formula is C29H26ClFN2O5S. The summed E-state index contributed by atoms with van der Waals surface area (Å²) in [5.41, 5.74) is 3.75. The van der Waals surface area contributed by atoms with Crippen LogP contribution in [0.1, 0.15) is 45.8 Å². The molecule has 1 amide bonds. The van der Waals surface area contributed by atoms with Crippen LogP contribution in [-0.4, -0.2) is 33.1 Å². The minimum Gasteiger partial charge on any atom is -0.455 e. The molecule has 3 N–H and O–H groups in total. The van der Waals surface area contributed by atoms with Gasteiger partial charge in [0.2, 0.25) is 10.0 Å². The molecule has 0 saturated heterocycles. The van der Waals surface area contributed by atoms with Gasteiger partial charge in [0.05, 0.1) is 23.6 Å². The Labute approximate surface area is 230 Å². The highest BCUT2D eigenvalue weighted by Crippen LogP contribution is 2.47. The van der Waals surface area contributed by atoms with Crippen LogP contribution < -0.4 is 10.0 Å². The third kappa shape index (κ3) is 5.56. The molecule has 39 heavy (non-hydrogen) atoms. The molecule has 5 rings (SSSR count). The van der Waals surface area contributed by atoms with Crippen molar-refractivity contribution < 1.29 is 27.1 Å². The Hall–Kier alpha value is -3.66. The number of anilines is 1. The molecule has 0 radical (unpaired) electrons. The van der Waals surface area contributed by atoms with Gasteiger partial charge in [0.15, 0.2) is 0 Å². The van der Waals surface area contributed by atoms with Crippen molar-refractivity contribution in [2.75, 3.05) is 18.4 Å². The maximum atomic E-state index is 13.5. The molecular weight excluding hydrogens is 543 g/mol. The molecule has 1 aliphatic carbocycles. The van der Waals surface area contributed by atoms with Crippen molar-refractivity contribution in [2.45, 2.75) is 24.5 Å². The van der Waals surface area contributed by atoms with E-state index in [2.05, 4.69) is 16.6 Å². The highest BCUT2D eigenvalue weighted by Gasteiger charge is 2.31. The number of sulfonamides is 1. The number of rotatable bonds is 9. The number of benzene rings is 3. The van der Waals surface area contributed by atoms with E-state index in [0.717, 1.165) is 18.4 Å². The fraction of sp³-hybridized carbons (Fsp3) is 0.207. The predicted molar refractivity (Wildman–Crippen MR) is 151 cm³/mol. The molecule has 7 nitrogen and oxygen atoms in total. The minimum atomic E-state index is -3.86. The molecule has 3 aromatic carbocycles. The zero-order valence-electron chi connectivity index (χ0n) is 21.1. The number of halogens is 2. The lowest BCUT2D eigenvalue weighted by Gasteiger charge is -2.14. The molecule has 0 atom stereocenters. The molecule has 10 heteroatoms. The van der Waals surface area contributed by atoms with Crippen molar-refractivity contribution in [1.82, 2.24) is 5.32 Å². The van der Waals surface area contributed by atoms with Gasteiger partial charge in [-0.1, -0.05) is 30.3 Å². The summed E-state index contributed by atoms with van der Waals surface area (Å²) < 4.78 is 48.8. The predicted octanol–water partition coefficient (Wildman–Crippen LogP) is 6.08. The van der Waals surface area contributed by atoms with E-state index in [0.29, 0.717) is 49.5 Å². The van der Waals surface area contributed by atoms with Crippen molar-refractivity contribution in [1.29, 1.82) is 0 Å². The smallest absolute Gasteiger partial charge is 0.255 e. The Bertz CT molecular complexity index is 1710. The lowest BCUT2D eigenvalue weighted by molar-refractivity contribution is 0.0964. The van der Waals surface area contributed by atoms with Gasteiger partial charge in [0.1, 0.15) is 17.2 Å². The molecule has 0 bridgehead atoms. The normalized spacial score (nSPS) is 13.4. The van der Waals surface area contributed by atoms with Crippen molar-refractivity contribution in [3.8, 4) is 11.3 Å². The summed E-state index contributed by atoms with van der Waals surface area (Å²) in [4.78, 5) is 12.9. The first-order valence-electron chi connectivity index (χ1n) is 12.3. The van der Waals surface area contributed by atoms with Crippen LogP contribution in [0.4, 0.5) is 10.1 Å². The lowest BCUT2D eigenvalue weighted by atomic mass is 10.0. The Morgan fingerprint density at radius 1 is 1.15 bits per heavy atom. The topological polar surface area (TPSA) is 109 Å². The second-order valence-electron chi connectivity index (χ2n) is 9.54. The number of fused-ring (bicyclic) bond motifs is 1. The van der Waals surface area contributed by atoms with Gasteiger partial charge in [-0.05, 0) is 77.4 Å². The summed E-state index contributed by atoms with van der Waals surface area (Å²) in [6.45, 7) is 3.49. The average molecular weight is 569 g/mol. The third-order valence-electron chi connectivity index (χ3n) is 6.67. The molecule has 1 fully saturated rings. The Balaban J connectivity index is 1.54. The lowest BCUT2D eigenvalue weighted by Crippen LogP contribution is -2.18. The molecule has 1 aromatic heterocycles. The summed E-state index contributed by atoms with van der Waals surface area (Å²) in [7, 11) is -2.35. The number of aliphatic hydroxyl groups excluding tert-OH is 1. The number of aliphatic hydroxyl groups is 1. The summed E-state index contributed by atoms with van der Waals surface area (Å²) in [6.07, 6.45) is 1.79. The number of nitrogens with one attached hydrogen (secondary N) is 2. The van der Waals surface area contributed by atoms with Crippen LogP contribution in [-0.2, 0) is 15.8 Å². The number of hydrogen-bond acceptors (Lipinski definition) is 5. The molecule has 0 unspecified atom stereocenters. The number of carbonyl (C=O) groups is 1. The van der Waals surface area contributed by atoms with Crippen LogP contribution in [0.15, 0.2) is 65.6 Å². The molecule has 1 aliphatic rings. The standard InChI is InChI=1S/C29H26ClFN2O5S/c1-16(14-34)21-10-3-17(11-24(21)30)15-39(36,37)33-25-13-26-23(12-22(25)18-4-5-18)27(29(35)32-2)28(38-26)19-6-8-20(31)9-7-19/h3,6-13,18,33-34H,1,4-5,14-15H2,2H3,(H,32,35). The summed E-state index contributed by atoms with van der Waals surface area (Å²) in [5, 5.41) is 12.8. The Morgan fingerprint density at radius 2 is 1.87 bits per heavy atom. The highest BCUT2D eigenvalue weighted by molar-refractivity contribution is 7.91. The van der Waals surface area contributed by atoms with Crippen molar-refractivity contribution in [2.24, 2.45) is 0 Å². The van der Waals surface area contributed by atoms with Crippen molar-refractivity contribution in [3.63, 3.8) is 0 Å². The van der Waals surface area contributed by atoms with Gasteiger partial charge in [-0.3, -0.25) is 9.52 Å². The Kier molecular flexibility index (Phi) is 7.24. The third-order valence-corrected chi connectivity index (χ3v) is 8.22. The van der Waals surface area contributed by atoms with E-state index in [1.165, 1.54) is 31.3 Å². The molecule has 0 aliphatic heterocycles. The van der Waals surface area contributed by atoms with Gasteiger partial charge in [0, 0.05) is 29.1 Å². The van der Waals surface area contributed by atoms with Gasteiger partial charge in [-0.25, -0.2) is 12.8 Å². The second-order valence-corrected chi connectivity index (χ2v) is 11.7. The van der Waals surface area contributed by atoms with Crippen LogP contribution in [0.25, 0.3) is 27.9 Å². The first kappa shape index (κ1) is 26.9. The van der Waals surface area contributed by atoms with Crippen LogP contribution >= 0.6 is 11.6 Å². The number of furan rings is 1. The SMILES string of the molecule is C=C(CO)c1ccc(CS(=O)(=O)Nc2cc3oc(-c4ccc(F)cc4)c(C(=O)NC)c3cc2C2CC2)cc1Cl. The number of amides is 1. The maximum absolute atomic E-state index is 13.5. The van der Waals surface area contributed by atoms with Crippen molar-refractivity contribution >= 4 is 49.8 Å². The minimum absolute atomic E-state index is 0.145. The zero-order chi connectivity index (χ0) is 27.9. The zero-order valence-corrected chi connectivity index (χ0v) is 22.6. The second kappa shape index (κ2) is 10.5. The average Bonchev–Trinajstić information content (AvgIpc) is 3.68. The molecule has 1 heterocycles. The van der Waals surface area contributed by atoms with Crippen molar-refractivity contribution in [3.05, 3.63) is 94.3 Å². The first-order chi connectivity index (χ1) is 18.6. The van der Waals surface area contributed by atoms with E-state index in [1.807, 2.05) is 0 Å². The highest BCUT2D eigenvalue weighted by atomic mass is 35.5. The monoisotopic (exact) mass is 568 g/mol. The number of carbonyl (C=O) groups excluding carboxylic acids is 1. The van der Waals surface area contributed by atoms with E-state index < -0.39 is 15.8 Å². The van der Waals surface area contributed by atoms with E-state index in [4.69, 9.17) is 16.0 Å². The summed E-state index contributed by atoms with van der Waals surface area (Å²) >= 11 is 6.29. The van der Waals surface area contributed by atoms with Gasteiger partial charge in [-0.15, -0.1) is 0 Å². The quantitative estimate of drug-likeness (QED) is 0.227. The van der Waals surface area contributed by atoms with Crippen LogP contribution in [0.2, 0.25) is 5.02 Å². The van der Waals surface area contributed by atoms with Gasteiger partial charge in [0.25, 0.3) is 5.91 Å². The van der Waals surface area contributed by atoms with E-state index in [1.54, 1.807) is 30.3 Å².